The van der Waals surface area contributed by atoms with Gasteiger partial charge in [0.2, 0.25) is 0 Å². The van der Waals surface area contributed by atoms with Crippen LogP contribution in [0.3, 0.4) is 0 Å². The molecule has 0 N–H and O–H groups in total. The lowest BCUT2D eigenvalue weighted by atomic mass is 10.3. The highest BCUT2D eigenvalue weighted by molar-refractivity contribution is 5.45. The average molecular weight is 180 g/mol. The van der Waals surface area contributed by atoms with Crippen molar-refractivity contribution in [1.82, 2.24) is 4.90 Å². The van der Waals surface area contributed by atoms with E-state index in [-0.39, 0.29) is 0 Å². The SMILES string of the molecule is CN(C)C.O=[C]Oc1ccccc1. The van der Waals surface area contributed by atoms with Crippen LogP contribution in [0, 0.1) is 0 Å². The molecule has 0 heterocycles. The summed E-state index contributed by atoms with van der Waals surface area (Å²) < 4.78 is 4.40. The van der Waals surface area contributed by atoms with E-state index >= 15 is 0 Å². The van der Waals surface area contributed by atoms with Crippen LogP contribution in [0.2, 0.25) is 0 Å². The van der Waals surface area contributed by atoms with Crippen LogP contribution in [0.4, 0.5) is 0 Å². The molecule has 3 heteroatoms. The van der Waals surface area contributed by atoms with Gasteiger partial charge in [0.1, 0.15) is 5.75 Å². The summed E-state index contributed by atoms with van der Waals surface area (Å²) >= 11 is 0. The normalized spacial score (nSPS) is 8.62. The largest absolute Gasteiger partial charge is 0.423 e. The number of hydrogen-bond donors (Lipinski definition) is 0. The summed E-state index contributed by atoms with van der Waals surface area (Å²) in [7, 11) is 6.00. The molecule has 1 aromatic carbocycles. The molecule has 0 spiro atoms. The smallest absolute Gasteiger partial charge is 0.418 e. The predicted molar refractivity (Wildman–Crippen MR) is 52.4 cm³/mol. The van der Waals surface area contributed by atoms with E-state index in [1.165, 1.54) is 6.47 Å². The van der Waals surface area contributed by atoms with E-state index in [1.807, 2.05) is 32.1 Å². The minimum absolute atomic E-state index is 0.521. The Kier molecular flexibility index (Phi) is 6.55. The van der Waals surface area contributed by atoms with Crippen LogP contribution in [-0.2, 0) is 4.79 Å². The maximum absolute atomic E-state index is 9.63. The second kappa shape index (κ2) is 7.31. The molecule has 1 rings (SSSR count). The fraction of sp³-hybridized carbons (Fsp3) is 0.300. The van der Waals surface area contributed by atoms with Gasteiger partial charge in [0.05, 0.1) is 0 Å². The van der Waals surface area contributed by atoms with Gasteiger partial charge in [0.25, 0.3) is 0 Å². The van der Waals surface area contributed by atoms with Crippen LogP contribution >= 0.6 is 0 Å². The van der Waals surface area contributed by atoms with Crippen molar-refractivity contribution in [2.24, 2.45) is 0 Å². The number of nitrogens with zero attached hydrogens (tertiary/aromatic N) is 1. The van der Waals surface area contributed by atoms with Gasteiger partial charge in [-0.25, -0.2) is 4.79 Å². The van der Waals surface area contributed by atoms with Gasteiger partial charge in [-0.15, -0.1) is 0 Å². The Morgan fingerprint density at radius 2 is 1.62 bits per heavy atom. The van der Waals surface area contributed by atoms with Crippen LogP contribution in [0.25, 0.3) is 0 Å². The first-order valence-corrected chi connectivity index (χ1v) is 3.86. The zero-order valence-electron chi connectivity index (χ0n) is 8.15. The molecule has 71 valence electrons. The quantitative estimate of drug-likeness (QED) is 0.687. The monoisotopic (exact) mass is 180 g/mol. The Labute approximate surface area is 78.9 Å². The molecular weight excluding hydrogens is 166 g/mol. The van der Waals surface area contributed by atoms with Gasteiger partial charge >= 0.3 is 6.47 Å². The molecule has 0 saturated carbocycles. The van der Waals surface area contributed by atoms with Gasteiger partial charge in [-0.1, -0.05) is 18.2 Å². The fourth-order valence-electron chi connectivity index (χ4n) is 0.537. The van der Waals surface area contributed by atoms with E-state index in [4.69, 9.17) is 0 Å². The van der Waals surface area contributed by atoms with E-state index in [2.05, 4.69) is 4.74 Å². The molecule has 0 atom stereocenters. The number of ether oxygens (including phenoxy) is 1. The molecule has 0 aliphatic carbocycles. The lowest BCUT2D eigenvalue weighted by Gasteiger charge is -1.90. The predicted octanol–water partition coefficient (Wildman–Crippen LogP) is 1.31. The highest BCUT2D eigenvalue weighted by Crippen LogP contribution is 2.05. The standard InChI is InChI=1S/C7H5O2.C3H9N/c8-6-9-7-4-2-1-3-5-7;1-4(2)3/h1-5H;1-3H3. The summed E-state index contributed by atoms with van der Waals surface area (Å²) in [6, 6.07) is 8.78. The molecule has 0 aromatic heterocycles. The number of para-hydroxylation sites is 1. The Balaban J connectivity index is 0.000000310. The number of hydrogen-bond acceptors (Lipinski definition) is 3. The summed E-state index contributed by atoms with van der Waals surface area (Å²) in [4.78, 5) is 11.6. The number of rotatable bonds is 2. The minimum Gasteiger partial charge on any atom is -0.418 e. The molecule has 0 unspecified atom stereocenters. The van der Waals surface area contributed by atoms with E-state index in [0.29, 0.717) is 5.75 Å². The topological polar surface area (TPSA) is 29.5 Å². The van der Waals surface area contributed by atoms with Gasteiger partial charge in [-0.2, -0.15) is 0 Å². The van der Waals surface area contributed by atoms with Crippen molar-refractivity contribution >= 4 is 6.47 Å². The Morgan fingerprint density at radius 1 is 1.15 bits per heavy atom. The maximum Gasteiger partial charge on any atom is 0.423 e. The summed E-state index contributed by atoms with van der Waals surface area (Å²) in [6.07, 6.45) is 0. The molecule has 0 aliphatic rings. The van der Waals surface area contributed by atoms with Crippen molar-refractivity contribution in [1.29, 1.82) is 0 Å². The highest BCUT2D eigenvalue weighted by atomic mass is 16.5. The maximum atomic E-state index is 9.63. The third-order valence-corrected chi connectivity index (χ3v) is 0.903. The second-order valence-electron chi connectivity index (χ2n) is 2.84. The van der Waals surface area contributed by atoms with Crippen molar-refractivity contribution < 1.29 is 9.53 Å². The summed E-state index contributed by atoms with van der Waals surface area (Å²) in [5.74, 6) is 0.521. The summed E-state index contributed by atoms with van der Waals surface area (Å²) in [5, 5.41) is 0. The van der Waals surface area contributed by atoms with E-state index < -0.39 is 0 Å². The Morgan fingerprint density at radius 3 is 2.00 bits per heavy atom. The summed E-state index contributed by atoms with van der Waals surface area (Å²) in [6.45, 7) is 1.33. The van der Waals surface area contributed by atoms with Crippen LogP contribution in [-0.4, -0.2) is 32.5 Å². The van der Waals surface area contributed by atoms with Crippen molar-refractivity contribution in [3.05, 3.63) is 30.3 Å². The Bertz CT molecular complexity index is 219. The number of benzene rings is 1. The van der Waals surface area contributed by atoms with Crippen molar-refractivity contribution in [3.8, 4) is 5.75 Å². The van der Waals surface area contributed by atoms with E-state index in [9.17, 15) is 4.79 Å². The minimum atomic E-state index is 0.521. The van der Waals surface area contributed by atoms with Crippen LogP contribution in [0.5, 0.6) is 5.75 Å². The Hall–Kier alpha value is -1.35. The zero-order chi connectivity index (χ0) is 10.1. The zero-order valence-corrected chi connectivity index (χ0v) is 8.15. The van der Waals surface area contributed by atoms with Gasteiger partial charge in [0, 0.05) is 0 Å². The van der Waals surface area contributed by atoms with Crippen molar-refractivity contribution in [3.63, 3.8) is 0 Å². The molecule has 1 aromatic rings. The summed E-state index contributed by atoms with van der Waals surface area (Å²) in [5.41, 5.74) is 0. The lowest BCUT2D eigenvalue weighted by molar-refractivity contribution is 0.443. The van der Waals surface area contributed by atoms with Crippen LogP contribution in [0.1, 0.15) is 0 Å². The third-order valence-electron chi connectivity index (χ3n) is 0.903. The highest BCUT2D eigenvalue weighted by Gasteiger charge is 1.85. The van der Waals surface area contributed by atoms with E-state index in [1.54, 1.807) is 24.3 Å². The second-order valence-corrected chi connectivity index (χ2v) is 2.84. The first-order chi connectivity index (χ1) is 6.16. The molecular formula is C10H14NO2. The van der Waals surface area contributed by atoms with Crippen molar-refractivity contribution in [2.75, 3.05) is 21.1 Å². The van der Waals surface area contributed by atoms with Gasteiger partial charge in [-0.3, -0.25) is 0 Å². The molecule has 0 aliphatic heterocycles. The molecule has 3 nitrogen and oxygen atoms in total. The van der Waals surface area contributed by atoms with Crippen molar-refractivity contribution in [2.45, 2.75) is 0 Å². The van der Waals surface area contributed by atoms with Crippen LogP contribution < -0.4 is 4.74 Å². The lowest BCUT2D eigenvalue weighted by Crippen LogP contribution is -1.99. The average Bonchev–Trinajstić information content (AvgIpc) is 2.06. The first-order valence-electron chi connectivity index (χ1n) is 3.86. The van der Waals surface area contributed by atoms with Crippen LogP contribution in [0.15, 0.2) is 30.3 Å². The number of carbonyl (C=O) groups excluding carboxylic acids is 1. The molecule has 0 saturated heterocycles. The first kappa shape index (κ1) is 11.6. The molecule has 0 bridgehead atoms. The third kappa shape index (κ3) is 8.56. The molecule has 1 radical (unpaired) electrons. The van der Waals surface area contributed by atoms with Gasteiger partial charge in [-0.05, 0) is 33.3 Å². The molecule has 0 amide bonds. The van der Waals surface area contributed by atoms with Gasteiger partial charge < -0.3 is 9.64 Å². The molecule has 13 heavy (non-hydrogen) atoms. The van der Waals surface area contributed by atoms with Gasteiger partial charge in [0.15, 0.2) is 0 Å². The fourth-order valence-corrected chi connectivity index (χ4v) is 0.537. The van der Waals surface area contributed by atoms with E-state index in [0.717, 1.165) is 0 Å². The molecule has 0 fully saturated rings.